The second-order valence-electron chi connectivity index (χ2n) is 4.51. The van der Waals surface area contributed by atoms with Crippen LogP contribution in [0.3, 0.4) is 0 Å². The zero-order valence-corrected chi connectivity index (χ0v) is 14.3. The first-order chi connectivity index (χ1) is 10.1. The molecule has 0 aliphatic heterocycles. The molecule has 0 spiro atoms. The van der Waals surface area contributed by atoms with Crippen LogP contribution in [0, 0.1) is 6.92 Å². The van der Waals surface area contributed by atoms with Gasteiger partial charge in [-0.1, -0.05) is 12.1 Å². The number of rotatable bonds is 4. The predicted molar refractivity (Wildman–Crippen MR) is 88.0 cm³/mol. The minimum Gasteiger partial charge on any atom is -0.451 e. The zero-order valence-electron chi connectivity index (χ0n) is 11.2. The molecule has 0 saturated heterocycles. The Kier molecular flexibility index (Phi) is 4.12. The molecule has 7 heteroatoms. The number of aromatic nitrogens is 3. The van der Waals surface area contributed by atoms with Gasteiger partial charge in [0, 0.05) is 11.3 Å². The van der Waals surface area contributed by atoms with E-state index in [4.69, 9.17) is 4.42 Å². The summed E-state index contributed by atoms with van der Waals surface area (Å²) < 4.78 is 7.14. The van der Waals surface area contributed by atoms with E-state index < -0.39 is 0 Å². The first kappa shape index (κ1) is 14.3. The number of anilines is 1. The summed E-state index contributed by atoms with van der Waals surface area (Å²) in [6.07, 6.45) is 0. The van der Waals surface area contributed by atoms with Gasteiger partial charge in [0.2, 0.25) is 0 Å². The minimum atomic E-state index is 0.598. The van der Waals surface area contributed by atoms with E-state index in [1.54, 1.807) is 0 Å². The Morgan fingerprint density at radius 2 is 2.14 bits per heavy atom. The first-order valence-corrected chi connectivity index (χ1v) is 7.87. The average Bonchev–Trinajstić information content (AvgIpc) is 3.04. The van der Waals surface area contributed by atoms with Crippen LogP contribution < -0.4 is 5.32 Å². The molecule has 0 aliphatic rings. The number of nitrogens with zero attached hydrogens (tertiary/aromatic N) is 2. The maximum absolute atomic E-state index is 5.53. The highest BCUT2D eigenvalue weighted by Crippen LogP contribution is 2.27. The molecular weight excluding hydrogens is 400 g/mol. The van der Waals surface area contributed by atoms with Gasteiger partial charge in [-0.3, -0.25) is 5.10 Å². The van der Waals surface area contributed by atoms with Crippen LogP contribution in [0.15, 0.2) is 43.9 Å². The lowest BCUT2D eigenvalue weighted by molar-refractivity contribution is 0.494. The predicted octanol–water partition coefficient (Wildman–Crippen LogP) is 4.51. The molecule has 0 atom stereocenters. The fourth-order valence-electron chi connectivity index (χ4n) is 1.91. The van der Waals surface area contributed by atoms with Crippen molar-refractivity contribution in [3.63, 3.8) is 0 Å². The van der Waals surface area contributed by atoms with Crippen molar-refractivity contribution >= 4 is 37.5 Å². The molecule has 0 amide bonds. The Labute approximate surface area is 138 Å². The van der Waals surface area contributed by atoms with Gasteiger partial charge < -0.3 is 9.73 Å². The monoisotopic (exact) mass is 410 g/mol. The lowest BCUT2D eigenvalue weighted by Gasteiger charge is -2.05. The average molecular weight is 412 g/mol. The molecule has 2 N–H and O–H groups in total. The van der Waals surface area contributed by atoms with Gasteiger partial charge in [0.15, 0.2) is 10.5 Å². The summed E-state index contributed by atoms with van der Waals surface area (Å²) >= 11 is 6.72. The summed E-state index contributed by atoms with van der Waals surface area (Å²) in [6, 6.07) is 9.89. The highest BCUT2D eigenvalue weighted by atomic mass is 79.9. The lowest BCUT2D eigenvalue weighted by atomic mass is 10.2. The maximum Gasteiger partial charge on any atom is 0.183 e. The SMILES string of the molecule is Cc1nc(-c2cccc(NCc3cc(Br)c(Br)o3)c2)n[nH]1. The number of nitrogens with one attached hydrogen (secondary N) is 2. The Hall–Kier alpha value is -1.60. The standard InChI is InChI=1S/C14H12Br2N4O/c1-8-18-14(20-19-8)9-3-2-4-10(5-9)17-7-11-6-12(15)13(16)21-11/h2-6,17H,7H2,1H3,(H,18,19,20). The van der Waals surface area contributed by atoms with Crippen LogP contribution in [0.4, 0.5) is 5.69 Å². The molecule has 0 aliphatic carbocycles. The third-order valence-electron chi connectivity index (χ3n) is 2.88. The number of H-pyrrole nitrogens is 1. The highest BCUT2D eigenvalue weighted by Gasteiger charge is 2.07. The Balaban J connectivity index is 1.74. The number of aryl methyl sites for hydroxylation is 1. The van der Waals surface area contributed by atoms with Crippen molar-refractivity contribution in [3.8, 4) is 11.4 Å². The summed E-state index contributed by atoms with van der Waals surface area (Å²) in [7, 11) is 0. The molecular formula is C14H12Br2N4O. The molecule has 2 aromatic heterocycles. The highest BCUT2D eigenvalue weighted by molar-refractivity contribution is 9.13. The summed E-state index contributed by atoms with van der Waals surface area (Å²) in [5, 5.41) is 10.3. The summed E-state index contributed by atoms with van der Waals surface area (Å²) in [5.41, 5.74) is 1.95. The van der Waals surface area contributed by atoms with Crippen LogP contribution >= 0.6 is 31.9 Å². The van der Waals surface area contributed by atoms with Crippen molar-refractivity contribution in [1.82, 2.24) is 15.2 Å². The number of halogens is 2. The quantitative estimate of drug-likeness (QED) is 0.662. The normalized spacial score (nSPS) is 10.8. The number of hydrogen-bond acceptors (Lipinski definition) is 4. The van der Waals surface area contributed by atoms with Crippen molar-refractivity contribution in [2.75, 3.05) is 5.32 Å². The van der Waals surface area contributed by atoms with Crippen molar-refractivity contribution in [3.05, 3.63) is 51.1 Å². The molecule has 0 fully saturated rings. The molecule has 5 nitrogen and oxygen atoms in total. The van der Waals surface area contributed by atoms with E-state index in [0.29, 0.717) is 17.0 Å². The van der Waals surface area contributed by atoms with Crippen LogP contribution in [0.25, 0.3) is 11.4 Å². The van der Waals surface area contributed by atoms with Gasteiger partial charge in [0.1, 0.15) is 11.6 Å². The largest absolute Gasteiger partial charge is 0.451 e. The third-order valence-corrected chi connectivity index (χ3v) is 4.59. The smallest absolute Gasteiger partial charge is 0.183 e. The fraction of sp³-hybridized carbons (Fsp3) is 0.143. The Morgan fingerprint density at radius 1 is 1.29 bits per heavy atom. The number of furan rings is 1. The number of aromatic amines is 1. The number of benzene rings is 1. The number of hydrogen-bond donors (Lipinski definition) is 2. The molecule has 108 valence electrons. The second-order valence-corrected chi connectivity index (χ2v) is 6.09. The van der Waals surface area contributed by atoms with Crippen LogP contribution in [0.2, 0.25) is 0 Å². The van der Waals surface area contributed by atoms with Gasteiger partial charge in [-0.15, -0.1) is 0 Å². The van der Waals surface area contributed by atoms with E-state index in [-0.39, 0.29) is 0 Å². The van der Waals surface area contributed by atoms with Gasteiger partial charge in [-0.05, 0) is 57.0 Å². The van der Waals surface area contributed by atoms with E-state index in [9.17, 15) is 0 Å². The molecule has 3 aromatic rings. The fourth-order valence-corrected chi connectivity index (χ4v) is 2.57. The molecule has 0 saturated carbocycles. The van der Waals surface area contributed by atoms with Crippen molar-refractivity contribution in [2.45, 2.75) is 13.5 Å². The molecule has 2 heterocycles. The van der Waals surface area contributed by atoms with E-state index in [1.165, 1.54) is 0 Å². The second kappa shape index (κ2) is 6.03. The van der Waals surface area contributed by atoms with Crippen molar-refractivity contribution < 1.29 is 4.42 Å². The third kappa shape index (κ3) is 3.36. The summed E-state index contributed by atoms with van der Waals surface area (Å²) in [4.78, 5) is 4.33. The van der Waals surface area contributed by atoms with Gasteiger partial charge >= 0.3 is 0 Å². The molecule has 0 radical (unpaired) electrons. The van der Waals surface area contributed by atoms with Crippen LogP contribution in [0.1, 0.15) is 11.6 Å². The Morgan fingerprint density at radius 3 is 2.81 bits per heavy atom. The lowest BCUT2D eigenvalue weighted by Crippen LogP contribution is -1.98. The zero-order chi connectivity index (χ0) is 14.8. The minimum absolute atomic E-state index is 0.598. The molecule has 0 bridgehead atoms. The van der Waals surface area contributed by atoms with Crippen LogP contribution in [0.5, 0.6) is 0 Å². The van der Waals surface area contributed by atoms with Gasteiger partial charge in [0.25, 0.3) is 0 Å². The maximum atomic E-state index is 5.53. The van der Waals surface area contributed by atoms with Gasteiger partial charge in [-0.2, -0.15) is 5.10 Å². The molecule has 21 heavy (non-hydrogen) atoms. The molecule has 0 unspecified atom stereocenters. The van der Waals surface area contributed by atoms with Crippen LogP contribution in [-0.2, 0) is 6.54 Å². The van der Waals surface area contributed by atoms with Crippen molar-refractivity contribution in [1.29, 1.82) is 0 Å². The van der Waals surface area contributed by atoms with E-state index in [2.05, 4.69) is 52.4 Å². The van der Waals surface area contributed by atoms with E-state index in [1.807, 2.05) is 37.3 Å². The molecule has 3 rings (SSSR count). The summed E-state index contributed by atoms with van der Waals surface area (Å²) in [5.74, 6) is 2.33. The van der Waals surface area contributed by atoms with Crippen molar-refractivity contribution in [2.24, 2.45) is 0 Å². The van der Waals surface area contributed by atoms with E-state index >= 15 is 0 Å². The topological polar surface area (TPSA) is 66.7 Å². The van der Waals surface area contributed by atoms with Crippen LogP contribution in [-0.4, -0.2) is 15.2 Å². The Bertz CT molecular complexity index is 746. The van der Waals surface area contributed by atoms with Gasteiger partial charge in [-0.25, -0.2) is 4.98 Å². The van der Waals surface area contributed by atoms with Gasteiger partial charge in [0.05, 0.1) is 11.0 Å². The molecule has 1 aromatic carbocycles. The first-order valence-electron chi connectivity index (χ1n) is 6.29. The van der Waals surface area contributed by atoms with E-state index in [0.717, 1.165) is 27.3 Å². The summed E-state index contributed by atoms with van der Waals surface area (Å²) in [6.45, 7) is 2.48.